The Bertz CT molecular complexity index is 484. The van der Waals surface area contributed by atoms with Crippen LogP contribution in [0.4, 0.5) is 5.69 Å². The van der Waals surface area contributed by atoms with Crippen LogP contribution in [0.2, 0.25) is 0 Å². The van der Waals surface area contributed by atoms with Gasteiger partial charge in [-0.05, 0) is 50.9 Å². The Kier molecular flexibility index (Phi) is 3.63. The number of piperidine rings is 1. The van der Waals surface area contributed by atoms with Crippen LogP contribution in [-0.4, -0.2) is 18.0 Å². The highest BCUT2D eigenvalue weighted by molar-refractivity contribution is 5.98. The maximum atomic E-state index is 12.2. The molecule has 1 unspecified atom stereocenters. The van der Waals surface area contributed by atoms with Crippen molar-refractivity contribution < 1.29 is 4.79 Å². The van der Waals surface area contributed by atoms with Gasteiger partial charge in [0.15, 0.2) is 0 Å². The smallest absolute Gasteiger partial charge is 0.244 e. The molecule has 0 radical (unpaired) electrons. The van der Waals surface area contributed by atoms with Crippen LogP contribution in [0.3, 0.4) is 0 Å². The number of amides is 1. The monoisotopic (exact) mass is 243 g/mol. The fraction of sp³-hybridized carbons (Fsp3) is 0.429. The highest BCUT2D eigenvalue weighted by Gasteiger charge is 2.34. The fourth-order valence-corrected chi connectivity index (χ4v) is 2.19. The predicted octanol–water partition coefficient (Wildman–Crippen LogP) is 2.03. The van der Waals surface area contributed by atoms with Gasteiger partial charge in [0.2, 0.25) is 5.91 Å². The molecule has 0 aliphatic carbocycles. The summed E-state index contributed by atoms with van der Waals surface area (Å²) in [5.41, 5.74) is 0.725. The third-order valence-corrected chi connectivity index (χ3v) is 3.37. The first-order chi connectivity index (χ1) is 8.64. The first kappa shape index (κ1) is 12.6. The molecule has 1 fully saturated rings. The molecule has 1 aliphatic rings. The first-order valence-corrected chi connectivity index (χ1v) is 6.21. The zero-order valence-electron chi connectivity index (χ0n) is 10.5. The highest BCUT2D eigenvalue weighted by Crippen LogP contribution is 2.21. The second-order valence-corrected chi connectivity index (χ2v) is 4.86. The van der Waals surface area contributed by atoms with E-state index in [4.69, 9.17) is 5.26 Å². The topological polar surface area (TPSA) is 64.9 Å². The normalized spacial score (nSPS) is 23.1. The van der Waals surface area contributed by atoms with Crippen LogP contribution in [0.5, 0.6) is 0 Å². The van der Waals surface area contributed by atoms with Crippen molar-refractivity contribution in [1.82, 2.24) is 5.32 Å². The lowest BCUT2D eigenvalue weighted by Crippen LogP contribution is -2.54. The van der Waals surface area contributed by atoms with Gasteiger partial charge in [-0.3, -0.25) is 4.79 Å². The van der Waals surface area contributed by atoms with E-state index in [1.165, 1.54) is 0 Å². The van der Waals surface area contributed by atoms with Crippen molar-refractivity contribution in [3.8, 4) is 6.07 Å². The number of rotatable bonds is 2. The van der Waals surface area contributed by atoms with Crippen LogP contribution in [0, 0.1) is 11.3 Å². The van der Waals surface area contributed by atoms with Crippen LogP contribution < -0.4 is 10.6 Å². The maximum absolute atomic E-state index is 12.2. The molecular formula is C14H17N3O. The lowest BCUT2D eigenvalue weighted by atomic mass is 9.90. The van der Waals surface area contributed by atoms with Gasteiger partial charge in [-0.2, -0.15) is 5.26 Å². The standard InChI is InChI=1S/C14H17N3O/c1-14(7-2-3-8-16-14)13(18)17-12-6-4-5-11(9-12)10-15/h4-6,9,16H,2-3,7-8H2,1H3,(H,17,18). The molecule has 1 aliphatic heterocycles. The Morgan fingerprint density at radius 3 is 3.00 bits per heavy atom. The van der Waals surface area contributed by atoms with Crippen molar-refractivity contribution in [1.29, 1.82) is 5.26 Å². The van der Waals surface area contributed by atoms with Gasteiger partial charge in [-0.25, -0.2) is 0 Å². The number of hydrogen-bond donors (Lipinski definition) is 2. The second kappa shape index (κ2) is 5.19. The third-order valence-electron chi connectivity index (χ3n) is 3.37. The molecule has 4 nitrogen and oxygen atoms in total. The number of anilines is 1. The van der Waals surface area contributed by atoms with Gasteiger partial charge in [0.1, 0.15) is 0 Å². The summed E-state index contributed by atoms with van der Waals surface area (Å²) in [5, 5.41) is 15.0. The molecule has 2 N–H and O–H groups in total. The summed E-state index contributed by atoms with van der Waals surface area (Å²) in [7, 11) is 0. The average Bonchev–Trinajstić information content (AvgIpc) is 2.40. The van der Waals surface area contributed by atoms with E-state index in [9.17, 15) is 4.79 Å². The van der Waals surface area contributed by atoms with E-state index in [2.05, 4.69) is 16.7 Å². The summed E-state index contributed by atoms with van der Waals surface area (Å²) in [6.07, 6.45) is 3.03. The Morgan fingerprint density at radius 2 is 2.33 bits per heavy atom. The zero-order valence-corrected chi connectivity index (χ0v) is 10.5. The van der Waals surface area contributed by atoms with Gasteiger partial charge in [0.05, 0.1) is 17.2 Å². The molecule has 0 bridgehead atoms. The van der Waals surface area contributed by atoms with Crippen LogP contribution in [0.15, 0.2) is 24.3 Å². The average molecular weight is 243 g/mol. The van der Waals surface area contributed by atoms with Crippen LogP contribution in [0.25, 0.3) is 0 Å². The van der Waals surface area contributed by atoms with E-state index in [0.717, 1.165) is 25.8 Å². The van der Waals surface area contributed by atoms with Crippen molar-refractivity contribution in [3.05, 3.63) is 29.8 Å². The molecule has 1 amide bonds. The number of nitrogens with zero attached hydrogens (tertiary/aromatic N) is 1. The molecule has 0 aromatic heterocycles. The largest absolute Gasteiger partial charge is 0.324 e. The van der Waals surface area contributed by atoms with Gasteiger partial charge in [0, 0.05) is 5.69 Å². The zero-order chi connectivity index (χ0) is 13.0. The number of benzene rings is 1. The molecule has 1 atom stereocenters. The van der Waals surface area contributed by atoms with E-state index in [1.54, 1.807) is 24.3 Å². The second-order valence-electron chi connectivity index (χ2n) is 4.86. The van der Waals surface area contributed by atoms with Crippen molar-refractivity contribution in [2.75, 3.05) is 11.9 Å². The van der Waals surface area contributed by atoms with E-state index in [-0.39, 0.29) is 5.91 Å². The van der Waals surface area contributed by atoms with Gasteiger partial charge >= 0.3 is 0 Å². The first-order valence-electron chi connectivity index (χ1n) is 6.21. The molecule has 1 aromatic carbocycles. The molecule has 4 heteroatoms. The van der Waals surface area contributed by atoms with E-state index in [0.29, 0.717) is 11.3 Å². The number of hydrogen-bond acceptors (Lipinski definition) is 3. The summed E-state index contributed by atoms with van der Waals surface area (Å²) < 4.78 is 0. The third kappa shape index (κ3) is 2.69. The molecule has 0 spiro atoms. The summed E-state index contributed by atoms with van der Waals surface area (Å²) in [6, 6.07) is 9.03. The molecule has 2 rings (SSSR count). The highest BCUT2D eigenvalue weighted by atomic mass is 16.2. The van der Waals surface area contributed by atoms with Crippen LogP contribution in [0.1, 0.15) is 31.7 Å². The lowest BCUT2D eigenvalue weighted by Gasteiger charge is -2.33. The molecule has 0 saturated carbocycles. The summed E-state index contributed by atoms with van der Waals surface area (Å²) in [6.45, 7) is 2.80. The predicted molar refractivity (Wildman–Crippen MR) is 70.0 cm³/mol. The minimum Gasteiger partial charge on any atom is -0.324 e. The Hall–Kier alpha value is -1.86. The minimum absolute atomic E-state index is 0.0303. The number of nitrogens with one attached hydrogen (secondary N) is 2. The lowest BCUT2D eigenvalue weighted by molar-refractivity contribution is -0.122. The van der Waals surface area contributed by atoms with Gasteiger partial charge in [0.25, 0.3) is 0 Å². The van der Waals surface area contributed by atoms with E-state index < -0.39 is 5.54 Å². The fourth-order valence-electron chi connectivity index (χ4n) is 2.19. The minimum atomic E-state index is -0.499. The molecule has 1 saturated heterocycles. The van der Waals surface area contributed by atoms with Crippen LogP contribution in [-0.2, 0) is 4.79 Å². The Morgan fingerprint density at radius 1 is 1.50 bits per heavy atom. The van der Waals surface area contributed by atoms with Crippen molar-refractivity contribution in [2.24, 2.45) is 0 Å². The summed E-state index contributed by atoms with van der Waals surface area (Å²) in [5.74, 6) is -0.0303. The van der Waals surface area contributed by atoms with E-state index in [1.807, 2.05) is 6.92 Å². The van der Waals surface area contributed by atoms with Crippen molar-refractivity contribution in [2.45, 2.75) is 31.7 Å². The van der Waals surface area contributed by atoms with Gasteiger partial charge in [-0.15, -0.1) is 0 Å². The molecule has 94 valence electrons. The Labute approximate surface area is 107 Å². The number of nitriles is 1. The van der Waals surface area contributed by atoms with E-state index >= 15 is 0 Å². The number of carbonyl (C=O) groups excluding carboxylic acids is 1. The molecule has 18 heavy (non-hydrogen) atoms. The maximum Gasteiger partial charge on any atom is 0.244 e. The van der Waals surface area contributed by atoms with Crippen molar-refractivity contribution >= 4 is 11.6 Å². The molecular weight excluding hydrogens is 226 g/mol. The number of carbonyl (C=O) groups is 1. The molecule has 1 aromatic rings. The molecule has 1 heterocycles. The summed E-state index contributed by atoms with van der Waals surface area (Å²) >= 11 is 0. The Balaban J connectivity index is 2.08. The van der Waals surface area contributed by atoms with Gasteiger partial charge < -0.3 is 10.6 Å². The summed E-state index contributed by atoms with van der Waals surface area (Å²) in [4.78, 5) is 12.2. The van der Waals surface area contributed by atoms with Crippen LogP contribution >= 0.6 is 0 Å². The SMILES string of the molecule is CC1(C(=O)Nc2cccc(C#N)c2)CCCCN1. The van der Waals surface area contributed by atoms with Gasteiger partial charge in [-0.1, -0.05) is 6.07 Å². The van der Waals surface area contributed by atoms with Crippen molar-refractivity contribution in [3.63, 3.8) is 0 Å². The quantitative estimate of drug-likeness (QED) is 0.835.